The molecule has 0 nitrogen and oxygen atoms in total. The molecule has 0 aliphatic carbocycles. The molecule has 0 amide bonds. The van der Waals surface area contributed by atoms with Crippen LogP contribution in [0.1, 0.15) is 33.4 Å². The summed E-state index contributed by atoms with van der Waals surface area (Å²) in [5, 5.41) is 0. The quantitative estimate of drug-likeness (QED) is 0.595. The Morgan fingerprint density at radius 1 is 0.545 bits per heavy atom. The molecule has 22 heavy (non-hydrogen) atoms. The van der Waals surface area contributed by atoms with Crippen molar-refractivity contribution in [3.05, 3.63) is 106 Å². The van der Waals surface area contributed by atoms with Gasteiger partial charge in [0.2, 0.25) is 0 Å². The molecule has 110 valence electrons. The maximum Gasteiger partial charge on any atom is -0.00228 e. The molecule has 3 aromatic carbocycles. The summed E-state index contributed by atoms with van der Waals surface area (Å²) >= 11 is 0. The third-order valence-electron chi connectivity index (χ3n) is 4.07. The molecule has 0 aliphatic heterocycles. The molecule has 0 saturated carbocycles. The zero-order valence-electron chi connectivity index (χ0n) is 13.3. The number of hydrogen-bond donors (Lipinski definition) is 0. The van der Waals surface area contributed by atoms with Crippen LogP contribution in [-0.2, 0) is 12.8 Å². The highest BCUT2D eigenvalue weighted by Crippen LogP contribution is 2.19. The SMILES string of the molecule is Cc1cccc(Cc2ccccc2Cc2cccc(C)c2)c1. The second-order valence-electron chi connectivity index (χ2n) is 6.10. The van der Waals surface area contributed by atoms with Crippen LogP contribution in [0.15, 0.2) is 72.8 Å². The fraction of sp³-hybridized carbons (Fsp3) is 0.182. The first kappa shape index (κ1) is 14.6. The Hall–Kier alpha value is -2.34. The first-order valence-electron chi connectivity index (χ1n) is 7.88. The fourth-order valence-corrected chi connectivity index (χ4v) is 2.99. The first-order chi connectivity index (χ1) is 10.7. The molecule has 0 bridgehead atoms. The average molecular weight is 286 g/mol. The van der Waals surface area contributed by atoms with Gasteiger partial charge in [0.05, 0.1) is 0 Å². The van der Waals surface area contributed by atoms with E-state index < -0.39 is 0 Å². The Morgan fingerprint density at radius 3 is 1.41 bits per heavy atom. The van der Waals surface area contributed by atoms with Gasteiger partial charge < -0.3 is 0 Å². The zero-order chi connectivity index (χ0) is 15.4. The van der Waals surface area contributed by atoms with Crippen molar-refractivity contribution < 1.29 is 0 Å². The third-order valence-corrected chi connectivity index (χ3v) is 4.07. The van der Waals surface area contributed by atoms with Crippen molar-refractivity contribution >= 4 is 0 Å². The maximum atomic E-state index is 2.28. The summed E-state index contributed by atoms with van der Waals surface area (Å²) in [7, 11) is 0. The smallest absolute Gasteiger partial charge is 0.00228 e. The van der Waals surface area contributed by atoms with Crippen molar-refractivity contribution in [2.45, 2.75) is 26.7 Å². The van der Waals surface area contributed by atoms with Crippen LogP contribution >= 0.6 is 0 Å². The van der Waals surface area contributed by atoms with E-state index in [4.69, 9.17) is 0 Å². The highest BCUT2D eigenvalue weighted by atomic mass is 14.1. The third kappa shape index (κ3) is 3.65. The molecule has 0 atom stereocenters. The number of benzene rings is 3. The van der Waals surface area contributed by atoms with Gasteiger partial charge in [-0.25, -0.2) is 0 Å². The van der Waals surface area contributed by atoms with Gasteiger partial charge in [-0.15, -0.1) is 0 Å². The fourth-order valence-electron chi connectivity index (χ4n) is 2.99. The van der Waals surface area contributed by atoms with E-state index in [9.17, 15) is 0 Å². The van der Waals surface area contributed by atoms with Gasteiger partial charge in [-0.05, 0) is 48.9 Å². The standard InChI is InChI=1S/C22H22/c1-17-7-5-9-19(13-17)15-21-11-3-4-12-22(21)16-20-10-6-8-18(2)14-20/h3-14H,15-16H2,1-2H3. The van der Waals surface area contributed by atoms with Crippen LogP contribution in [0.5, 0.6) is 0 Å². The van der Waals surface area contributed by atoms with Crippen LogP contribution in [-0.4, -0.2) is 0 Å². The Bertz CT molecular complexity index is 702. The molecule has 0 aliphatic rings. The summed E-state index contributed by atoms with van der Waals surface area (Å²) in [5.74, 6) is 0. The monoisotopic (exact) mass is 286 g/mol. The molecule has 0 radical (unpaired) electrons. The molecule has 0 heterocycles. The van der Waals surface area contributed by atoms with Gasteiger partial charge in [-0.1, -0.05) is 83.9 Å². The number of hydrogen-bond acceptors (Lipinski definition) is 0. The molecular weight excluding hydrogens is 264 g/mol. The van der Waals surface area contributed by atoms with Crippen LogP contribution in [0.4, 0.5) is 0 Å². The average Bonchev–Trinajstić information content (AvgIpc) is 2.49. The van der Waals surface area contributed by atoms with Gasteiger partial charge >= 0.3 is 0 Å². The van der Waals surface area contributed by atoms with Crippen molar-refractivity contribution in [3.8, 4) is 0 Å². The minimum Gasteiger partial charge on any atom is -0.0620 e. The second kappa shape index (κ2) is 6.62. The lowest BCUT2D eigenvalue weighted by Gasteiger charge is -2.11. The van der Waals surface area contributed by atoms with Gasteiger partial charge in [-0.3, -0.25) is 0 Å². The number of aryl methyl sites for hydroxylation is 2. The van der Waals surface area contributed by atoms with E-state index in [2.05, 4.69) is 86.6 Å². The minimum atomic E-state index is 1.00. The largest absolute Gasteiger partial charge is 0.0620 e. The van der Waals surface area contributed by atoms with Gasteiger partial charge in [0, 0.05) is 0 Å². The molecule has 0 fully saturated rings. The lowest BCUT2D eigenvalue weighted by Crippen LogP contribution is -1.97. The highest BCUT2D eigenvalue weighted by Gasteiger charge is 2.05. The van der Waals surface area contributed by atoms with E-state index in [1.165, 1.54) is 33.4 Å². The Balaban J connectivity index is 1.86. The molecule has 0 saturated heterocycles. The predicted octanol–water partition coefficient (Wildman–Crippen LogP) is 5.49. The molecule has 3 aromatic rings. The molecule has 0 aromatic heterocycles. The highest BCUT2D eigenvalue weighted by molar-refractivity contribution is 5.37. The van der Waals surface area contributed by atoms with E-state index in [1.807, 2.05) is 0 Å². The number of rotatable bonds is 4. The zero-order valence-corrected chi connectivity index (χ0v) is 13.3. The molecule has 3 rings (SSSR count). The summed E-state index contributed by atoms with van der Waals surface area (Å²) in [6.07, 6.45) is 2.01. The molecule has 0 unspecified atom stereocenters. The van der Waals surface area contributed by atoms with E-state index in [0.717, 1.165) is 12.8 Å². The minimum absolute atomic E-state index is 1.00. The summed E-state index contributed by atoms with van der Waals surface area (Å²) in [6.45, 7) is 4.31. The van der Waals surface area contributed by atoms with Crippen LogP contribution in [0.2, 0.25) is 0 Å². The van der Waals surface area contributed by atoms with E-state index in [-0.39, 0.29) is 0 Å². The van der Waals surface area contributed by atoms with Gasteiger partial charge in [0.25, 0.3) is 0 Å². The van der Waals surface area contributed by atoms with Crippen molar-refractivity contribution in [1.82, 2.24) is 0 Å². The predicted molar refractivity (Wildman–Crippen MR) is 94.4 cm³/mol. The van der Waals surface area contributed by atoms with E-state index in [0.29, 0.717) is 0 Å². The Morgan fingerprint density at radius 2 is 1.00 bits per heavy atom. The lowest BCUT2D eigenvalue weighted by atomic mass is 9.94. The van der Waals surface area contributed by atoms with Gasteiger partial charge in [-0.2, -0.15) is 0 Å². The lowest BCUT2D eigenvalue weighted by molar-refractivity contribution is 1.08. The Labute approximate surface area is 133 Å². The van der Waals surface area contributed by atoms with Crippen molar-refractivity contribution in [1.29, 1.82) is 0 Å². The summed E-state index contributed by atoms with van der Waals surface area (Å²) in [5.41, 5.74) is 8.28. The van der Waals surface area contributed by atoms with Gasteiger partial charge in [0.15, 0.2) is 0 Å². The van der Waals surface area contributed by atoms with Crippen LogP contribution < -0.4 is 0 Å². The van der Waals surface area contributed by atoms with E-state index in [1.54, 1.807) is 0 Å². The topological polar surface area (TPSA) is 0 Å². The summed E-state index contributed by atoms with van der Waals surface area (Å²) in [6, 6.07) is 26.4. The molecule has 0 N–H and O–H groups in total. The first-order valence-corrected chi connectivity index (χ1v) is 7.88. The molecular formula is C22H22. The second-order valence-corrected chi connectivity index (χ2v) is 6.10. The Kier molecular flexibility index (Phi) is 4.39. The van der Waals surface area contributed by atoms with Crippen molar-refractivity contribution in [2.75, 3.05) is 0 Å². The summed E-state index contributed by atoms with van der Waals surface area (Å²) in [4.78, 5) is 0. The molecule has 0 spiro atoms. The van der Waals surface area contributed by atoms with Gasteiger partial charge in [0.1, 0.15) is 0 Å². The van der Waals surface area contributed by atoms with E-state index >= 15 is 0 Å². The van der Waals surface area contributed by atoms with Crippen LogP contribution in [0, 0.1) is 13.8 Å². The molecule has 0 heteroatoms. The summed E-state index contributed by atoms with van der Waals surface area (Å²) < 4.78 is 0. The normalized spacial score (nSPS) is 10.6. The van der Waals surface area contributed by atoms with Crippen LogP contribution in [0.25, 0.3) is 0 Å². The maximum absolute atomic E-state index is 2.28. The van der Waals surface area contributed by atoms with Crippen molar-refractivity contribution in [3.63, 3.8) is 0 Å². The van der Waals surface area contributed by atoms with Crippen LogP contribution in [0.3, 0.4) is 0 Å². The van der Waals surface area contributed by atoms with Crippen molar-refractivity contribution in [2.24, 2.45) is 0 Å².